The molecule has 0 spiro atoms. The van der Waals surface area contributed by atoms with Crippen molar-refractivity contribution in [2.45, 2.75) is 25.8 Å². The Balaban J connectivity index is 1.69. The molecule has 1 N–H and O–H groups in total. The molecule has 1 saturated heterocycles. The number of carbonyl (C=O) groups excluding carboxylic acids is 1. The van der Waals surface area contributed by atoms with Gasteiger partial charge in [-0.2, -0.15) is 5.10 Å². The van der Waals surface area contributed by atoms with Crippen molar-refractivity contribution in [1.82, 2.24) is 19.7 Å². The first-order valence-electron chi connectivity index (χ1n) is 9.08. The second kappa shape index (κ2) is 7.25. The normalized spacial score (nSPS) is 15.3. The van der Waals surface area contributed by atoms with Gasteiger partial charge in [-0.1, -0.05) is 18.6 Å². The fraction of sp³-hybridized carbons (Fsp3) is 0.350. The van der Waals surface area contributed by atoms with Crippen molar-refractivity contribution in [2.75, 3.05) is 18.4 Å². The van der Waals surface area contributed by atoms with Gasteiger partial charge in [0.1, 0.15) is 5.82 Å². The first kappa shape index (κ1) is 16.7. The fourth-order valence-electron chi connectivity index (χ4n) is 3.67. The molecule has 1 aliphatic heterocycles. The summed E-state index contributed by atoms with van der Waals surface area (Å²) in [6.45, 7) is 3.25. The number of likely N-dealkylation sites (tertiary alicyclic amines) is 1. The number of aromatic nitrogens is 3. The summed E-state index contributed by atoms with van der Waals surface area (Å²) in [5.41, 5.74) is 3.55. The molecule has 3 aromatic rings. The molecule has 0 aliphatic carbocycles. The van der Waals surface area contributed by atoms with E-state index in [-0.39, 0.29) is 0 Å². The standard InChI is InChI=1S/C20H23N5O/c1-24-19(13-25-7-3-2-4-8-25)18(12-23-24)15-5-6-16-11-21-20(22-14-26)10-17(16)9-15/h5-6,9-12,14H,2-4,7-8,13H2,1H3,(H,21,22,26). The van der Waals surface area contributed by atoms with Crippen LogP contribution in [0.4, 0.5) is 5.82 Å². The number of carbonyl (C=O) groups is 1. The second-order valence-corrected chi connectivity index (χ2v) is 6.86. The van der Waals surface area contributed by atoms with Crippen LogP contribution in [0.5, 0.6) is 0 Å². The van der Waals surface area contributed by atoms with Crippen LogP contribution in [0.1, 0.15) is 25.0 Å². The molecule has 0 unspecified atom stereocenters. The zero-order valence-corrected chi connectivity index (χ0v) is 15.0. The summed E-state index contributed by atoms with van der Waals surface area (Å²) >= 11 is 0. The third kappa shape index (κ3) is 3.32. The third-order valence-corrected chi connectivity index (χ3v) is 5.12. The minimum Gasteiger partial charge on any atom is -0.313 e. The minimum atomic E-state index is 0.560. The van der Waals surface area contributed by atoms with Crippen molar-refractivity contribution < 1.29 is 4.79 Å². The molecule has 134 valence electrons. The van der Waals surface area contributed by atoms with Gasteiger partial charge in [0.05, 0.1) is 11.9 Å². The molecular formula is C20H23N5O. The second-order valence-electron chi connectivity index (χ2n) is 6.86. The van der Waals surface area contributed by atoms with Gasteiger partial charge in [0, 0.05) is 30.7 Å². The molecule has 6 nitrogen and oxygen atoms in total. The van der Waals surface area contributed by atoms with E-state index in [0.29, 0.717) is 12.2 Å². The number of hydrogen-bond acceptors (Lipinski definition) is 4. The lowest BCUT2D eigenvalue weighted by molar-refractivity contribution is -0.105. The maximum atomic E-state index is 10.7. The molecule has 3 heterocycles. The van der Waals surface area contributed by atoms with Gasteiger partial charge in [0.15, 0.2) is 0 Å². The van der Waals surface area contributed by atoms with Crippen LogP contribution in [0.25, 0.3) is 21.9 Å². The largest absolute Gasteiger partial charge is 0.313 e. The molecule has 1 amide bonds. The summed E-state index contributed by atoms with van der Waals surface area (Å²) in [7, 11) is 2.01. The zero-order valence-electron chi connectivity index (χ0n) is 15.0. The fourth-order valence-corrected chi connectivity index (χ4v) is 3.67. The van der Waals surface area contributed by atoms with E-state index < -0.39 is 0 Å². The van der Waals surface area contributed by atoms with Crippen molar-refractivity contribution in [3.63, 3.8) is 0 Å². The smallest absolute Gasteiger partial charge is 0.212 e. The summed E-state index contributed by atoms with van der Waals surface area (Å²) in [5.74, 6) is 0.560. The number of piperidine rings is 1. The first-order chi connectivity index (χ1) is 12.7. The molecule has 0 bridgehead atoms. The highest BCUT2D eigenvalue weighted by Crippen LogP contribution is 2.29. The maximum absolute atomic E-state index is 10.7. The van der Waals surface area contributed by atoms with Crippen LogP contribution in [0.15, 0.2) is 36.7 Å². The number of aryl methyl sites for hydroxylation is 1. The molecule has 2 aromatic heterocycles. The summed E-state index contributed by atoms with van der Waals surface area (Å²) < 4.78 is 1.99. The highest BCUT2D eigenvalue weighted by atomic mass is 16.1. The van der Waals surface area contributed by atoms with E-state index in [1.165, 1.54) is 30.5 Å². The topological polar surface area (TPSA) is 63.1 Å². The predicted octanol–water partition coefficient (Wildman–Crippen LogP) is 3.19. The Kier molecular flexibility index (Phi) is 4.67. The summed E-state index contributed by atoms with van der Waals surface area (Å²) in [6.07, 6.45) is 8.28. The number of nitrogens with zero attached hydrogens (tertiary/aromatic N) is 4. The summed E-state index contributed by atoms with van der Waals surface area (Å²) in [4.78, 5) is 17.4. The van der Waals surface area contributed by atoms with Gasteiger partial charge in [0.2, 0.25) is 6.41 Å². The Morgan fingerprint density at radius 1 is 1.12 bits per heavy atom. The lowest BCUT2D eigenvalue weighted by atomic mass is 10.0. The lowest BCUT2D eigenvalue weighted by Gasteiger charge is -2.26. The number of benzene rings is 1. The van der Waals surface area contributed by atoms with E-state index in [1.54, 1.807) is 6.20 Å². The van der Waals surface area contributed by atoms with Gasteiger partial charge in [-0.15, -0.1) is 0 Å². The Morgan fingerprint density at radius 3 is 2.77 bits per heavy atom. The van der Waals surface area contributed by atoms with Crippen molar-refractivity contribution >= 4 is 23.0 Å². The number of pyridine rings is 1. The third-order valence-electron chi connectivity index (χ3n) is 5.12. The Bertz CT molecular complexity index is 927. The average Bonchev–Trinajstić information content (AvgIpc) is 3.03. The van der Waals surface area contributed by atoms with E-state index >= 15 is 0 Å². The number of amides is 1. The molecular weight excluding hydrogens is 326 g/mol. The maximum Gasteiger partial charge on any atom is 0.212 e. The number of nitrogens with one attached hydrogen (secondary N) is 1. The van der Waals surface area contributed by atoms with E-state index in [1.807, 2.05) is 24.0 Å². The predicted molar refractivity (Wildman–Crippen MR) is 103 cm³/mol. The lowest BCUT2D eigenvalue weighted by Crippen LogP contribution is -2.30. The molecule has 0 radical (unpaired) electrons. The van der Waals surface area contributed by atoms with Crippen LogP contribution < -0.4 is 5.32 Å². The van der Waals surface area contributed by atoms with Crippen LogP contribution in [-0.2, 0) is 18.4 Å². The van der Waals surface area contributed by atoms with Crippen LogP contribution in [0.2, 0.25) is 0 Å². The quantitative estimate of drug-likeness (QED) is 0.719. The van der Waals surface area contributed by atoms with E-state index in [2.05, 4.69) is 38.5 Å². The molecule has 0 saturated carbocycles. The van der Waals surface area contributed by atoms with Crippen LogP contribution in [0, 0.1) is 0 Å². The van der Waals surface area contributed by atoms with E-state index in [4.69, 9.17) is 0 Å². The average molecular weight is 349 g/mol. The number of hydrogen-bond donors (Lipinski definition) is 1. The Labute approximate surface area is 152 Å². The van der Waals surface area contributed by atoms with Gasteiger partial charge in [-0.05, 0) is 49.0 Å². The van der Waals surface area contributed by atoms with Gasteiger partial charge < -0.3 is 5.32 Å². The van der Waals surface area contributed by atoms with Crippen LogP contribution in [0.3, 0.4) is 0 Å². The molecule has 6 heteroatoms. The molecule has 1 fully saturated rings. The number of anilines is 1. The van der Waals surface area contributed by atoms with Crippen molar-refractivity contribution in [3.8, 4) is 11.1 Å². The molecule has 4 rings (SSSR count). The van der Waals surface area contributed by atoms with Crippen LogP contribution in [-0.4, -0.2) is 39.2 Å². The minimum absolute atomic E-state index is 0.560. The van der Waals surface area contributed by atoms with Crippen molar-refractivity contribution in [2.24, 2.45) is 7.05 Å². The van der Waals surface area contributed by atoms with Crippen LogP contribution >= 0.6 is 0 Å². The zero-order chi connectivity index (χ0) is 17.9. The number of fused-ring (bicyclic) bond motifs is 1. The molecule has 1 aromatic carbocycles. The highest BCUT2D eigenvalue weighted by Gasteiger charge is 2.17. The van der Waals surface area contributed by atoms with Gasteiger partial charge >= 0.3 is 0 Å². The summed E-state index contributed by atoms with van der Waals surface area (Å²) in [6, 6.07) is 8.23. The van der Waals surface area contributed by atoms with Crippen molar-refractivity contribution in [3.05, 3.63) is 42.4 Å². The van der Waals surface area contributed by atoms with Gasteiger partial charge in [-0.3, -0.25) is 14.4 Å². The van der Waals surface area contributed by atoms with Crippen molar-refractivity contribution in [1.29, 1.82) is 0 Å². The SMILES string of the molecule is Cn1ncc(-c2ccc3cnc(NC=O)cc3c2)c1CN1CCCCC1. The van der Waals surface area contributed by atoms with E-state index in [9.17, 15) is 4.79 Å². The first-order valence-corrected chi connectivity index (χ1v) is 9.08. The number of rotatable bonds is 5. The van der Waals surface area contributed by atoms with Gasteiger partial charge in [-0.25, -0.2) is 4.98 Å². The molecule has 1 aliphatic rings. The Morgan fingerprint density at radius 2 is 1.96 bits per heavy atom. The summed E-state index contributed by atoms with van der Waals surface area (Å²) in [5, 5.41) is 9.22. The monoisotopic (exact) mass is 349 g/mol. The molecule has 26 heavy (non-hydrogen) atoms. The Hall–Kier alpha value is -2.73. The highest BCUT2D eigenvalue weighted by molar-refractivity contribution is 5.89. The molecule has 0 atom stereocenters. The van der Waals surface area contributed by atoms with Gasteiger partial charge in [0.25, 0.3) is 0 Å². The van der Waals surface area contributed by atoms with E-state index in [0.717, 1.165) is 36.0 Å².